The lowest BCUT2D eigenvalue weighted by molar-refractivity contribution is -0.146. The number of anilines is 1. The molecule has 2 aliphatic carbocycles. The van der Waals surface area contributed by atoms with Gasteiger partial charge in [-0.1, -0.05) is 35.4 Å². The Bertz CT molecular complexity index is 728. The van der Waals surface area contributed by atoms with Gasteiger partial charge in [-0.15, -0.1) is 0 Å². The van der Waals surface area contributed by atoms with Crippen LogP contribution in [-0.4, -0.2) is 17.0 Å². The smallest absolute Gasteiger partial charge is 0.308 e. The van der Waals surface area contributed by atoms with Gasteiger partial charge < -0.3 is 10.4 Å². The molecule has 0 unspecified atom stereocenters. The van der Waals surface area contributed by atoms with Crippen molar-refractivity contribution in [1.29, 1.82) is 0 Å². The zero-order valence-corrected chi connectivity index (χ0v) is 13.5. The summed E-state index contributed by atoms with van der Waals surface area (Å²) in [6, 6.07) is 7.54. The lowest BCUT2D eigenvalue weighted by Gasteiger charge is -2.23. The molecule has 1 saturated carbocycles. The maximum Gasteiger partial charge on any atom is 0.308 e. The van der Waals surface area contributed by atoms with E-state index >= 15 is 0 Å². The van der Waals surface area contributed by atoms with Gasteiger partial charge in [0.05, 0.1) is 11.8 Å². The zero-order valence-electron chi connectivity index (χ0n) is 13.5. The molecule has 0 spiro atoms. The van der Waals surface area contributed by atoms with Crippen LogP contribution < -0.4 is 5.32 Å². The van der Waals surface area contributed by atoms with E-state index in [-0.39, 0.29) is 17.7 Å². The first kappa shape index (κ1) is 15.5. The zero-order chi connectivity index (χ0) is 16.7. The van der Waals surface area contributed by atoms with Gasteiger partial charge in [0, 0.05) is 17.5 Å². The highest BCUT2D eigenvalue weighted by molar-refractivity contribution is 5.97. The second-order valence-corrected chi connectivity index (χ2v) is 6.64. The van der Waals surface area contributed by atoms with Crippen molar-refractivity contribution >= 4 is 17.6 Å². The Morgan fingerprint density at radius 1 is 1.09 bits per heavy atom. The van der Waals surface area contributed by atoms with E-state index in [1.807, 2.05) is 57.2 Å². The number of benzene rings is 1. The Morgan fingerprint density at radius 2 is 1.74 bits per heavy atom. The Hall–Kier alpha value is -2.36. The minimum absolute atomic E-state index is 0.101. The fourth-order valence-electron chi connectivity index (χ4n) is 3.99. The first-order valence-electron chi connectivity index (χ1n) is 7.86. The molecule has 120 valence electrons. The summed E-state index contributed by atoms with van der Waals surface area (Å²) in [6.07, 6.45) is 3.94. The normalized spacial score (nSPS) is 28.0. The van der Waals surface area contributed by atoms with Crippen molar-refractivity contribution in [2.75, 3.05) is 5.32 Å². The summed E-state index contributed by atoms with van der Waals surface area (Å²) in [4.78, 5) is 24.5. The maximum atomic E-state index is 12.8. The number of allylic oxidation sites excluding steroid dienone is 4. The van der Waals surface area contributed by atoms with Crippen LogP contribution in [0.2, 0.25) is 0 Å². The van der Waals surface area contributed by atoms with E-state index in [0.29, 0.717) is 5.69 Å². The van der Waals surface area contributed by atoms with Gasteiger partial charge in [-0.3, -0.25) is 9.59 Å². The molecule has 4 heteroatoms. The molecule has 2 N–H and O–H groups in total. The van der Waals surface area contributed by atoms with Crippen LogP contribution in [0, 0.1) is 30.6 Å². The van der Waals surface area contributed by atoms with E-state index in [2.05, 4.69) is 5.32 Å². The topological polar surface area (TPSA) is 66.4 Å². The summed E-state index contributed by atoms with van der Waals surface area (Å²) in [7, 11) is 0. The van der Waals surface area contributed by atoms with Crippen LogP contribution in [0.25, 0.3) is 0 Å². The number of aryl methyl sites for hydroxylation is 1. The molecule has 4 atom stereocenters. The van der Waals surface area contributed by atoms with E-state index in [4.69, 9.17) is 0 Å². The van der Waals surface area contributed by atoms with Gasteiger partial charge in [-0.2, -0.15) is 0 Å². The molecule has 1 aromatic rings. The number of carbonyl (C=O) groups is 2. The second kappa shape index (κ2) is 5.69. The number of carbonyl (C=O) groups excluding carboxylic acids is 1. The highest BCUT2D eigenvalue weighted by Gasteiger charge is 2.54. The fraction of sp³-hybridized carbons (Fsp3) is 0.368. The van der Waals surface area contributed by atoms with Gasteiger partial charge in [-0.25, -0.2) is 0 Å². The van der Waals surface area contributed by atoms with Crippen molar-refractivity contribution in [3.8, 4) is 0 Å². The largest absolute Gasteiger partial charge is 0.481 e. The third-order valence-electron chi connectivity index (χ3n) is 4.86. The maximum absolute atomic E-state index is 12.8. The predicted molar refractivity (Wildman–Crippen MR) is 88.9 cm³/mol. The molecule has 1 fully saturated rings. The molecule has 2 aliphatic rings. The minimum atomic E-state index is -0.898. The Kier molecular flexibility index (Phi) is 3.84. The molecule has 0 aromatic heterocycles. The molecule has 0 radical (unpaired) electrons. The third kappa shape index (κ3) is 2.58. The van der Waals surface area contributed by atoms with E-state index in [1.54, 1.807) is 0 Å². The standard InChI is InChI=1S/C19H21NO3/c1-10(2)15-13-7-8-14(15)17(19(22)23)16(13)18(21)20-12-6-4-5-11(3)9-12/h4-9,13-14,16-17H,1-3H3,(H,20,21)(H,22,23)/t13-,14+,16-,17+/m0/s1. The number of fused-ring (bicyclic) bond motifs is 2. The summed E-state index contributed by atoms with van der Waals surface area (Å²) >= 11 is 0. The Balaban J connectivity index is 1.91. The number of amides is 1. The van der Waals surface area contributed by atoms with Gasteiger partial charge in [0.2, 0.25) is 5.91 Å². The van der Waals surface area contributed by atoms with Crippen molar-refractivity contribution in [2.45, 2.75) is 20.8 Å². The third-order valence-corrected chi connectivity index (χ3v) is 4.86. The average Bonchev–Trinajstić information content (AvgIpc) is 3.02. The van der Waals surface area contributed by atoms with Gasteiger partial charge in [0.1, 0.15) is 0 Å². The van der Waals surface area contributed by atoms with E-state index in [1.165, 1.54) is 0 Å². The molecule has 1 amide bonds. The summed E-state index contributed by atoms with van der Waals surface area (Å²) in [5.41, 5.74) is 3.98. The van der Waals surface area contributed by atoms with E-state index in [0.717, 1.165) is 16.7 Å². The molecule has 0 aliphatic heterocycles. The van der Waals surface area contributed by atoms with Crippen LogP contribution in [0.1, 0.15) is 19.4 Å². The van der Waals surface area contributed by atoms with Crippen LogP contribution in [0.4, 0.5) is 5.69 Å². The summed E-state index contributed by atoms with van der Waals surface area (Å²) in [5, 5.41) is 12.5. The van der Waals surface area contributed by atoms with Crippen molar-refractivity contribution in [3.05, 3.63) is 53.1 Å². The number of hydrogen-bond donors (Lipinski definition) is 2. The molecular formula is C19H21NO3. The summed E-state index contributed by atoms with van der Waals surface area (Å²) in [6.45, 7) is 5.93. The van der Waals surface area contributed by atoms with Crippen LogP contribution in [-0.2, 0) is 9.59 Å². The lowest BCUT2D eigenvalue weighted by atomic mass is 9.82. The van der Waals surface area contributed by atoms with Crippen molar-refractivity contribution < 1.29 is 14.7 Å². The molecule has 0 saturated heterocycles. The first-order chi connectivity index (χ1) is 10.9. The number of rotatable bonds is 3. The van der Waals surface area contributed by atoms with Crippen molar-refractivity contribution in [3.63, 3.8) is 0 Å². The molecule has 4 nitrogen and oxygen atoms in total. The van der Waals surface area contributed by atoms with E-state index < -0.39 is 17.8 Å². The summed E-state index contributed by atoms with van der Waals surface area (Å²) in [5.74, 6) is -2.59. The molecule has 23 heavy (non-hydrogen) atoms. The highest BCUT2D eigenvalue weighted by Crippen LogP contribution is 2.53. The van der Waals surface area contributed by atoms with Crippen LogP contribution in [0.5, 0.6) is 0 Å². The quantitative estimate of drug-likeness (QED) is 0.841. The van der Waals surface area contributed by atoms with Gasteiger partial charge in [0.15, 0.2) is 0 Å². The average molecular weight is 311 g/mol. The van der Waals surface area contributed by atoms with Gasteiger partial charge in [0.25, 0.3) is 0 Å². The number of aliphatic carboxylic acids is 1. The van der Waals surface area contributed by atoms with E-state index in [9.17, 15) is 14.7 Å². The predicted octanol–water partition coefficient (Wildman–Crippen LogP) is 3.40. The van der Waals surface area contributed by atoms with Crippen LogP contribution >= 0.6 is 0 Å². The number of carboxylic acids is 1. The SMILES string of the molecule is CC(C)=C1[C@H]2C=C[C@@H]1[C@H](C(=O)Nc1cccc(C)c1)[C@@H]2C(=O)O. The lowest BCUT2D eigenvalue weighted by Crippen LogP contribution is -2.36. The second-order valence-electron chi connectivity index (χ2n) is 6.64. The van der Waals surface area contributed by atoms with Crippen LogP contribution in [0.15, 0.2) is 47.6 Å². The molecule has 2 bridgehead atoms. The molecule has 1 aromatic carbocycles. The first-order valence-corrected chi connectivity index (χ1v) is 7.86. The monoisotopic (exact) mass is 311 g/mol. The molecular weight excluding hydrogens is 290 g/mol. The van der Waals surface area contributed by atoms with Crippen molar-refractivity contribution in [1.82, 2.24) is 0 Å². The van der Waals surface area contributed by atoms with Gasteiger partial charge in [-0.05, 0) is 38.5 Å². The Morgan fingerprint density at radius 3 is 2.30 bits per heavy atom. The minimum Gasteiger partial charge on any atom is -0.481 e. The number of hydrogen-bond acceptors (Lipinski definition) is 2. The number of nitrogens with one attached hydrogen (secondary N) is 1. The number of carboxylic acid groups (broad SMARTS) is 1. The van der Waals surface area contributed by atoms with Crippen LogP contribution in [0.3, 0.4) is 0 Å². The fourth-order valence-corrected chi connectivity index (χ4v) is 3.99. The molecule has 3 rings (SSSR count). The summed E-state index contributed by atoms with van der Waals surface area (Å²) < 4.78 is 0. The molecule has 0 heterocycles. The van der Waals surface area contributed by atoms with Gasteiger partial charge >= 0.3 is 5.97 Å². The Labute approximate surface area is 135 Å². The van der Waals surface area contributed by atoms with Crippen molar-refractivity contribution in [2.24, 2.45) is 23.7 Å². The highest BCUT2D eigenvalue weighted by atomic mass is 16.4.